The van der Waals surface area contributed by atoms with Crippen molar-refractivity contribution < 1.29 is 4.79 Å². The lowest BCUT2D eigenvalue weighted by molar-refractivity contribution is -0.119. The van der Waals surface area contributed by atoms with E-state index in [9.17, 15) is 14.9 Å². The van der Waals surface area contributed by atoms with Crippen LogP contribution in [-0.2, 0) is 17.6 Å². The van der Waals surface area contributed by atoms with Gasteiger partial charge in [0, 0.05) is 21.9 Å². The van der Waals surface area contributed by atoms with Crippen molar-refractivity contribution in [3.05, 3.63) is 56.4 Å². The van der Waals surface area contributed by atoms with Gasteiger partial charge in [-0.3, -0.25) is 9.59 Å². The van der Waals surface area contributed by atoms with E-state index in [4.69, 9.17) is 0 Å². The summed E-state index contributed by atoms with van der Waals surface area (Å²) in [5, 5.41) is 10.2. The topological polar surface area (TPSA) is 86.6 Å². The minimum Gasteiger partial charge on any atom is -0.308 e. The summed E-state index contributed by atoms with van der Waals surface area (Å²) in [6, 6.07) is 10.2. The first-order valence-corrected chi connectivity index (χ1v) is 11.5. The summed E-state index contributed by atoms with van der Waals surface area (Å²) >= 11 is 3.11. The number of hydrogen-bond donors (Lipinski definition) is 1. The van der Waals surface area contributed by atoms with Crippen LogP contribution in [0.1, 0.15) is 47.0 Å². The summed E-state index contributed by atoms with van der Waals surface area (Å²) in [5.74, 6) is -0.491. The SMILES string of the molecule is Cc1ccc(SCCC(=O)C(C#N)c2nc3sc4c(c3c(=O)[nH]2)CCCC4)cc1. The molecule has 0 aliphatic heterocycles. The first kappa shape index (κ1) is 19.9. The number of ketones is 1. The maximum absolute atomic E-state index is 12.7. The highest BCUT2D eigenvalue weighted by molar-refractivity contribution is 7.99. The van der Waals surface area contributed by atoms with Crippen molar-refractivity contribution in [3.8, 4) is 6.07 Å². The van der Waals surface area contributed by atoms with Crippen molar-refractivity contribution in [1.82, 2.24) is 9.97 Å². The monoisotopic (exact) mass is 423 g/mol. The van der Waals surface area contributed by atoms with E-state index in [0.29, 0.717) is 16.0 Å². The molecule has 1 aliphatic rings. The first-order valence-electron chi connectivity index (χ1n) is 9.73. The Morgan fingerprint density at radius 1 is 1.31 bits per heavy atom. The highest BCUT2D eigenvalue weighted by Crippen LogP contribution is 2.34. The van der Waals surface area contributed by atoms with E-state index in [1.165, 1.54) is 21.8 Å². The predicted octanol–water partition coefficient (Wildman–Crippen LogP) is 4.53. The van der Waals surface area contributed by atoms with Crippen LogP contribution >= 0.6 is 23.1 Å². The highest BCUT2D eigenvalue weighted by Gasteiger charge is 2.26. The van der Waals surface area contributed by atoms with Crippen LogP contribution in [0.5, 0.6) is 0 Å². The Balaban J connectivity index is 1.51. The van der Waals surface area contributed by atoms with Crippen LogP contribution in [0.25, 0.3) is 10.2 Å². The van der Waals surface area contributed by atoms with Gasteiger partial charge in [-0.05, 0) is 50.3 Å². The van der Waals surface area contributed by atoms with E-state index < -0.39 is 5.92 Å². The van der Waals surface area contributed by atoms with Gasteiger partial charge in [0.15, 0.2) is 11.7 Å². The number of nitriles is 1. The van der Waals surface area contributed by atoms with E-state index >= 15 is 0 Å². The molecule has 7 heteroatoms. The molecule has 4 rings (SSSR count). The quantitative estimate of drug-likeness (QED) is 0.589. The van der Waals surface area contributed by atoms with Gasteiger partial charge < -0.3 is 4.98 Å². The number of nitrogens with zero attached hydrogens (tertiary/aromatic N) is 2. The molecule has 1 N–H and O–H groups in total. The Morgan fingerprint density at radius 3 is 2.83 bits per heavy atom. The number of nitrogens with one attached hydrogen (secondary N) is 1. The summed E-state index contributed by atoms with van der Waals surface area (Å²) in [6.07, 6.45) is 4.33. The molecule has 1 aromatic carbocycles. The molecule has 0 saturated heterocycles. The number of carbonyl (C=O) groups is 1. The van der Waals surface area contributed by atoms with Crippen LogP contribution in [0.4, 0.5) is 0 Å². The Morgan fingerprint density at radius 2 is 2.07 bits per heavy atom. The molecule has 2 heterocycles. The van der Waals surface area contributed by atoms with Crippen LogP contribution in [0.3, 0.4) is 0 Å². The molecule has 0 radical (unpaired) electrons. The third-order valence-corrected chi connectivity index (χ3v) is 7.41. The third kappa shape index (κ3) is 4.14. The Kier molecular flexibility index (Phi) is 5.84. The lowest BCUT2D eigenvalue weighted by Gasteiger charge is -2.10. The molecular formula is C22H21N3O2S2. The molecule has 29 heavy (non-hydrogen) atoms. The van der Waals surface area contributed by atoms with Gasteiger partial charge in [0.25, 0.3) is 5.56 Å². The third-order valence-electron chi connectivity index (χ3n) is 5.21. The van der Waals surface area contributed by atoms with Crippen LogP contribution < -0.4 is 5.56 Å². The summed E-state index contributed by atoms with van der Waals surface area (Å²) in [4.78, 5) is 35.6. The number of Topliss-reactive ketones (excluding diaryl/α,β-unsaturated/α-hetero) is 1. The number of aryl methyl sites for hydroxylation is 3. The van der Waals surface area contributed by atoms with Crippen LogP contribution in [0.15, 0.2) is 34.0 Å². The molecule has 3 aromatic rings. The first-order chi connectivity index (χ1) is 14.1. The molecule has 1 unspecified atom stereocenters. The molecular weight excluding hydrogens is 402 g/mol. The smallest absolute Gasteiger partial charge is 0.259 e. The molecule has 0 spiro atoms. The maximum Gasteiger partial charge on any atom is 0.259 e. The van der Waals surface area contributed by atoms with Crippen molar-refractivity contribution in [2.75, 3.05) is 5.75 Å². The number of thiophene rings is 1. The standard InChI is InChI=1S/C22H21N3O2S2/c1-13-6-8-14(9-7-13)28-11-10-17(26)16(12-23)20-24-21(27)19-15-4-2-3-5-18(15)29-22(19)25-20/h6-9,16H,2-5,10-11H2,1H3,(H,24,25,27). The molecule has 1 aliphatic carbocycles. The Labute approximate surface area is 177 Å². The Hall–Kier alpha value is -2.43. The second kappa shape index (κ2) is 8.52. The van der Waals surface area contributed by atoms with E-state index in [2.05, 4.69) is 9.97 Å². The van der Waals surface area contributed by atoms with Crippen LogP contribution in [0, 0.1) is 18.3 Å². The molecule has 1 atom stereocenters. The molecule has 148 valence electrons. The fourth-order valence-corrected chi connectivity index (χ4v) is 5.79. The molecule has 0 saturated carbocycles. The summed E-state index contributed by atoms with van der Waals surface area (Å²) in [6.45, 7) is 2.03. The zero-order chi connectivity index (χ0) is 20.4. The number of aromatic amines is 1. The van der Waals surface area contributed by atoms with E-state index in [0.717, 1.165) is 36.1 Å². The zero-order valence-electron chi connectivity index (χ0n) is 16.2. The summed E-state index contributed by atoms with van der Waals surface area (Å²) < 4.78 is 0. The Bertz CT molecular complexity index is 1160. The van der Waals surface area contributed by atoms with Crippen molar-refractivity contribution in [1.29, 1.82) is 5.26 Å². The minimum absolute atomic E-state index is 0.175. The van der Waals surface area contributed by atoms with E-state index in [1.807, 2.05) is 37.3 Å². The van der Waals surface area contributed by atoms with Gasteiger partial charge in [0.1, 0.15) is 10.7 Å². The summed E-state index contributed by atoms with van der Waals surface area (Å²) in [5.41, 5.74) is 2.06. The maximum atomic E-state index is 12.7. The van der Waals surface area contributed by atoms with Gasteiger partial charge >= 0.3 is 0 Å². The number of benzene rings is 1. The molecule has 5 nitrogen and oxygen atoms in total. The van der Waals surface area contributed by atoms with Crippen LogP contribution in [-0.4, -0.2) is 21.5 Å². The fourth-order valence-electron chi connectivity index (χ4n) is 3.65. The van der Waals surface area contributed by atoms with Crippen molar-refractivity contribution in [2.24, 2.45) is 0 Å². The number of rotatable bonds is 6. The molecule has 2 aromatic heterocycles. The van der Waals surface area contributed by atoms with E-state index in [-0.39, 0.29) is 23.6 Å². The van der Waals surface area contributed by atoms with Crippen molar-refractivity contribution >= 4 is 39.1 Å². The van der Waals surface area contributed by atoms with Gasteiger partial charge in [-0.15, -0.1) is 23.1 Å². The van der Waals surface area contributed by atoms with Gasteiger partial charge in [0.05, 0.1) is 11.5 Å². The van der Waals surface area contributed by atoms with Gasteiger partial charge in [0.2, 0.25) is 0 Å². The van der Waals surface area contributed by atoms with Gasteiger partial charge in [-0.25, -0.2) is 4.98 Å². The largest absolute Gasteiger partial charge is 0.308 e. The second-order valence-corrected chi connectivity index (χ2v) is 9.53. The van der Waals surface area contributed by atoms with Gasteiger partial charge in [-0.1, -0.05) is 17.7 Å². The zero-order valence-corrected chi connectivity index (χ0v) is 17.8. The normalized spacial score (nSPS) is 14.3. The average Bonchev–Trinajstić information content (AvgIpc) is 3.09. The summed E-state index contributed by atoms with van der Waals surface area (Å²) in [7, 11) is 0. The molecule has 0 fully saturated rings. The number of hydrogen-bond acceptors (Lipinski definition) is 6. The lowest BCUT2D eigenvalue weighted by atomic mass is 9.97. The number of aromatic nitrogens is 2. The van der Waals surface area contributed by atoms with Gasteiger partial charge in [-0.2, -0.15) is 5.26 Å². The molecule has 0 bridgehead atoms. The van der Waals surface area contributed by atoms with E-state index in [1.54, 1.807) is 11.8 Å². The number of fused-ring (bicyclic) bond motifs is 3. The van der Waals surface area contributed by atoms with Crippen molar-refractivity contribution in [3.63, 3.8) is 0 Å². The molecule has 0 amide bonds. The number of thioether (sulfide) groups is 1. The highest BCUT2D eigenvalue weighted by atomic mass is 32.2. The van der Waals surface area contributed by atoms with Crippen LogP contribution in [0.2, 0.25) is 0 Å². The van der Waals surface area contributed by atoms with Crippen molar-refractivity contribution in [2.45, 2.75) is 49.8 Å². The fraction of sp³-hybridized carbons (Fsp3) is 0.364. The second-order valence-electron chi connectivity index (χ2n) is 7.28. The average molecular weight is 424 g/mol. The minimum atomic E-state index is -1.04. The number of carbonyl (C=O) groups excluding carboxylic acids is 1. The number of H-pyrrole nitrogens is 1. The predicted molar refractivity (Wildman–Crippen MR) is 117 cm³/mol. The lowest BCUT2D eigenvalue weighted by Crippen LogP contribution is -2.20.